The number of hydrogen-bond donors (Lipinski definition) is 0. The summed E-state index contributed by atoms with van der Waals surface area (Å²) in [6, 6.07) is 7.52. The zero-order chi connectivity index (χ0) is 18.3. The molecule has 0 aromatic heterocycles. The van der Waals surface area contributed by atoms with Crippen molar-refractivity contribution in [2.24, 2.45) is 0 Å². The number of carbonyl (C=O) groups excluding carboxylic acids is 1. The first-order chi connectivity index (χ1) is 11.9. The van der Waals surface area contributed by atoms with Crippen LogP contribution >= 0.6 is 0 Å². The molecule has 1 amide bonds. The molecule has 1 fully saturated rings. The van der Waals surface area contributed by atoms with Crippen molar-refractivity contribution in [3.8, 4) is 5.75 Å². The van der Waals surface area contributed by atoms with Crippen molar-refractivity contribution in [2.45, 2.75) is 38.6 Å². The molecule has 1 atom stereocenters. The first-order valence-corrected chi connectivity index (χ1v) is 10.6. The highest BCUT2D eigenvalue weighted by molar-refractivity contribution is 7.91. The van der Waals surface area contributed by atoms with Gasteiger partial charge in [0.1, 0.15) is 5.75 Å². The number of ether oxygens (including phenoxy) is 1. The van der Waals surface area contributed by atoms with Crippen molar-refractivity contribution in [3.05, 3.63) is 42.0 Å². The maximum absolute atomic E-state index is 12.6. The van der Waals surface area contributed by atoms with Crippen LogP contribution in [0.4, 0.5) is 0 Å². The number of nitrogens with zero attached hydrogens (tertiary/aromatic N) is 1. The standard InChI is InChI=1S/C19H27NO4S/c1-3-4-13-20(17-12-14-25(22,23)15-17)19(21)7-5-6-16-8-10-18(24-2)11-9-16/h5,7-11,17H,3-4,6,12-15H2,1-2H3/b7-5+/t17-/m1/s1. The third-order valence-corrected chi connectivity index (χ3v) is 6.21. The van der Waals surface area contributed by atoms with E-state index in [1.165, 1.54) is 0 Å². The molecule has 1 saturated heterocycles. The summed E-state index contributed by atoms with van der Waals surface area (Å²) in [6.07, 6.45) is 6.47. The number of methoxy groups -OCH3 is 1. The Labute approximate surface area is 150 Å². The van der Waals surface area contributed by atoms with Crippen LogP contribution in [0, 0.1) is 0 Å². The van der Waals surface area contributed by atoms with E-state index in [0.717, 1.165) is 24.2 Å². The van der Waals surface area contributed by atoms with Crippen molar-refractivity contribution in [3.63, 3.8) is 0 Å². The number of unbranched alkanes of at least 4 members (excludes halogenated alkanes) is 1. The summed E-state index contributed by atoms with van der Waals surface area (Å²) in [7, 11) is -1.37. The Morgan fingerprint density at radius 2 is 2.04 bits per heavy atom. The van der Waals surface area contributed by atoms with Crippen LogP contribution in [0.5, 0.6) is 5.75 Å². The van der Waals surface area contributed by atoms with Crippen LogP contribution in [-0.2, 0) is 21.1 Å². The lowest BCUT2D eigenvalue weighted by Crippen LogP contribution is -2.40. The molecule has 1 heterocycles. The monoisotopic (exact) mass is 365 g/mol. The van der Waals surface area contributed by atoms with Crippen LogP contribution in [0.2, 0.25) is 0 Å². The van der Waals surface area contributed by atoms with Crippen molar-refractivity contribution >= 4 is 15.7 Å². The van der Waals surface area contributed by atoms with E-state index in [9.17, 15) is 13.2 Å². The third kappa shape index (κ3) is 5.88. The summed E-state index contributed by atoms with van der Waals surface area (Å²) in [5, 5.41) is 0. The van der Waals surface area contributed by atoms with Gasteiger partial charge in [-0.3, -0.25) is 4.79 Å². The lowest BCUT2D eigenvalue weighted by Gasteiger charge is -2.27. The van der Waals surface area contributed by atoms with Gasteiger partial charge in [0.25, 0.3) is 0 Å². The van der Waals surface area contributed by atoms with Crippen LogP contribution in [0.15, 0.2) is 36.4 Å². The molecule has 1 aromatic carbocycles. The molecule has 0 unspecified atom stereocenters. The van der Waals surface area contributed by atoms with Gasteiger partial charge in [0, 0.05) is 12.6 Å². The second-order valence-corrected chi connectivity index (χ2v) is 8.63. The van der Waals surface area contributed by atoms with E-state index in [-0.39, 0.29) is 23.5 Å². The molecule has 6 heteroatoms. The molecule has 0 spiro atoms. The van der Waals surface area contributed by atoms with Gasteiger partial charge in [0.15, 0.2) is 9.84 Å². The Hall–Kier alpha value is -1.82. The summed E-state index contributed by atoms with van der Waals surface area (Å²) >= 11 is 0. The van der Waals surface area contributed by atoms with E-state index < -0.39 is 9.84 Å². The highest BCUT2D eigenvalue weighted by Crippen LogP contribution is 2.19. The Morgan fingerprint density at radius 3 is 2.60 bits per heavy atom. The van der Waals surface area contributed by atoms with Crippen LogP contribution in [0.3, 0.4) is 0 Å². The van der Waals surface area contributed by atoms with Crippen LogP contribution < -0.4 is 4.74 Å². The van der Waals surface area contributed by atoms with Gasteiger partial charge in [-0.05, 0) is 43.0 Å². The topological polar surface area (TPSA) is 63.7 Å². The van der Waals surface area contributed by atoms with Crippen molar-refractivity contribution < 1.29 is 17.9 Å². The van der Waals surface area contributed by atoms with E-state index in [0.29, 0.717) is 19.4 Å². The number of rotatable bonds is 8. The molecule has 0 aliphatic carbocycles. The predicted molar refractivity (Wildman–Crippen MR) is 99.5 cm³/mol. The number of sulfone groups is 1. The van der Waals surface area contributed by atoms with Crippen LogP contribution in [0.1, 0.15) is 31.7 Å². The summed E-state index contributed by atoms with van der Waals surface area (Å²) in [6.45, 7) is 2.68. The summed E-state index contributed by atoms with van der Waals surface area (Å²) < 4.78 is 28.6. The fraction of sp³-hybridized carbons (Fsp3) is 0.526. The van der Waals surface area contributed by atoms with Gasteiger partial charge in [0.2, 0.25) is 5.91 Å². The number of carbonyl (C=O) groups is 1. The van der Waals surface area contributed by atoms with Gasteiger partial charge in [0.05, 0.1) is 18.6 Å². The third-order valence-electron chi connectivity index (χ3n) is 4.46. The fourth-order valence-electron chi connectivity index (χ4n) is 2.98. The number of hydrogen-bond acceptors (Lipinski definition) is 4. The molecular formula is C19H27NO4S. The van der Waals surface area contributed by atoms with Crippen molar-refractivity contribution in [1.29, 1.82) is 0 Å². The Bertz CT molecular complexity index is 695. The second kappa shape index (κ2) is 9.04. The average Bonchev–Trinajstić information content (AvgIpc) is 2.95. The van der Waals surface area contributed by atoms with Gasteiger partial charge in [-0.2, -0.15) is 0 Å². The van der Waals surface area contributed by atoms with Crippen molar-refractivity contribution in [1.82, 2.24) is 4.90 Å². The maximum Gasteiger partial charge on any atom is 0.246 e. The minimum Gasteiger partial charge on any atom is -0.497 e. The number of allylic oxidation sites excluding steroid dienone is 1. The van der Waals surface area contributed by atoms with Gasteiger partial charge in [-0.15, -0.1) is 0 Å². The molecule has 1 aromatic rings. The molecule has 138 valence electrons. The second-order valence-electron chi connectivity index (χ2n) is 6.40. The minimum atomic E-state index is -3.00. The summed E-state index contributed by atoms with van der Waals surface area (Å²) in [5.41, 5.74) is 1.09. The van der Waals surface area contributed by atoms with E-state index in [1.54, 1.807) is 18.1 Å². The van der Waals surface area contributed by atoms with Gasteiger partial charge in [-0.1, -0.05) is 31.6 Å². The van der Waals surface area contributed by atoms with Crippen LogP contribution in [-0.4, -0.2) is 50.4 Å². The number of benzene rings is 1. The van der Waals surface area contributed by atoms with E-state index in [2.05, 4.69) is 6.92 Å². The Morgan fingerprint density at radius 1 is 1.32 bits per heavy atom. The van der Waals surface area contributed by atoms with E-state index in [4.69, 9.17) is 4.74 Å². The summed E-state index contributed by atoms with van der Waals surface area (Å²) in [4.78, 5) is 14.3. The Kier molecular flexibility index (Phi) is 7.05. The van der Waals surface area contributed by atoms with E-state index in [1.807, 2.05) is 30.3 Å². The quantitative estimate of drug-likeness (QED) is 0.664. The molecule has 25 heavy (non-hydrogen) atoms. The molecular weight excluding hydrogens is 338 g/mol. The smallest absolute Gasteiger partial charge is 0.246 e. The maximum atomic E-state index is 12.6. The van der Waals surface area contributed by atoms with Gasteiger partial charge >= 0.3 is 0 Å². The zero-order valence-corrected chi connectivity index (χ0v) is 15.8. The molecule has 0 bridgehead atoms. The SMILES string of the molecule is CCCCN(C(=O)/C=C/Cc1ccc(OC)cc1)[C@@H]1CCS(=O)(=O)C1. The average molecular weight is 365 g/mol. The first-order valence-electron chi connectivity index (χ1n) is 8.75. The normalized spacial score (nSPS) is 19.2. The van der Waals surface area contributed by atoms with Gasteiger partial charge in [-0.25, -0.2) is 8.42 Å². The predicted octanol–water partition coefficient (Wildman–Crippen LogP) is 2.61. The first kappa shape index (κ1) is 19.5. The zero-order valence-electron chi connectivity index (χ0n) is 15.0. The number of amides is 1. The summed E-state index contributed by atoms with van der Waals surface area (Å²) in [5.74, 6) is 0.985. The molecule has 1 aliphatic heterocycles. The Balaban J connectivity index is 1.97. The highest BCUT2D eigenvalue weighted by Gasteiger charge is 2.33. The molecule has 5 nitrogen and oxygen atoms in total. The lowest BCUT2D eigenvalue weighted by atomic mass is 10.1. The van der Waals surface area contributed by atoms with Gasteiger partial charge < -0.3 is 9.64 Å². The minimum absolute atomic E-state index is 0.0920. The van der Waals surface area contributed by atoms with Crippen molar-refractivity contribution in [2.75, 3.05) is 25.2 Å². The fourth-order valence-corrected chi connectivity index (χ4v) is 4.71. The molecule has 0 saturated carbocycles. The van der Waals surface area contributed by atoms with Crippen LogP contribution in [0.25, 0.3) is 0 Å². The highest BCUT2D eigenvalue weighted by atomic mass is 32.2. The molecule has 2 rings (SSSR count). The van der Waals surface area contributed by atoms with E-state index >= 15 is 0 Å². The largest absolute Gasteiger partial charge is 0.497 e. The molecule has 0 N–H and O–H groups in total. The lowest BCUT2D eigenvalue weighted by molar-refractivity contribution is -0.127. The molecule has 0 radical (unpaired) electrons. The molecule has 1 aliphatic rings.